The number of methoxy groups -OCH3 is 1. The van der Waals surface area contributed by atoms with Gasteiger partial charge in [-0.25, -0.2) is 4.39 Å². The minimum Gasteiger partial charge on any atom is -0.497 e. The van der Waals surface area contributed by atoms with Crippen LogP contribution in [0, 0.1) is 5.82 Å². The molecule has 1 unspecified atom stereocenters. The molecule has 0 fully saturated rings. The Balaban J connectivity index is 1.56. The van der Waals surface area contributed by atoms with Gasteiger partial charge in [0.05, 0.1) is 18.8 Å². The summed E-state index contributed by atoms with van der Waals surface area (Å²) in [6, 6.07) is 13.3. The highest BCUT2D eigenvalue weighted by atomic mass is 32.2. The molecule has 3 rings (SSSR count). The Labute approximate surface area is 160 Å². The van der Waals surface area contributed by atoms with Crippen LogP contribution in [0.25, 0.3) is 0 Å². The highest BCUT2D eigenvalue weighted by molar-refractivity contribution is 8.00. The minimum atomic E-state index is -0.484. The molecular formula is C19H18FN3O3S. The number of amides is 1. The topological polar surface area (TPSA) is 77.2 Å². The number of hydrogen-bond acceptors (Lipinski definition) is 6. The van der Waals surface area contributed by atoms with Crippen LogP contribution in [-0.4, -0.2) is 28.5 Å². The van der Waals surface area contributed by atoms with E-state index in [1.54, 1.807) is 20.1 Å². The van der Waals surface area contributed by atoms with E-state index in [4.69, 9.17) is 9.15 Å². The minimum absolute atomic E-state index is 0.277. The molecule has 0 bridgehead atoms. The molecule has 1 atom stereocenters. The average molecular weight is 387 g/mol. The first-order valence-electron chi connectivity index (χ1n) is 8.22. The zero-order valence-electron chi connectivity index (χ0n) is 14.8. The van der Waals surface area contributed by atoms with Gasteiger partial charge in [0, 0.05) is 5.69 Å². The van der Waals surface area contributed by atoms with Crippen molar-refractivity contribution in [3.8, 4) is 5.75 Å². The maximum Gasteiger partial charge on any atom is 0.277 e. The maximum absolute atomic E-state index is 13.2. The smallest absolute Gasteiger partial charge is 0.277 e. The predicted molar refractivity (Wildman–Crippen MR) is 100 cm³/mol. The van der Waals surface area contributed by atoms with E-state index in [9.17, 15) is 9.18 Å². The standard InChI is InChI=1S/C19H18FN3O3S/c1-12(18(24)21-15-5-3-4-14(20)11-15)27-19-23-22-17(26-19)10-13-6-8-16(25-2)9-7-13/h3-9,11-12H,10H2,1-2H3,(H,21,24). The van der Waals surface area contributed by atoms with Crippen molar-refractivity contribution in [1.29, 1.82) is 0 Å². The van der Waals surface area contributed by atoms with E-state index in [1.165, 1.54) is 18.2 Å². The molecule has 0 spiro atoms. The number of carbonyl (C=O) groups excluding carboxylic acids is 1. The lowest BCUT2D eigenvalue weighted by Gasteiger charge is -2.09. The van der Waals surface area contributed by atoms with Crippen molar-refractivity contribution in [3.63, 3.8) is 0 Å². The third-order valence-corrected chi connectivity index (χ3v) is 4.64. The Morgan fingerprint density at radius 3 is 2.74 bits per heavy atom. The first kappa shape index (κ1) is 18.9. The molecule has 1 heterocycles. The second-order valence-corrected chi connectivity index (χ2v) is 7.04. The van der Waals surface area contributed by atoms with Gasteiger partial charge in [0.25, 0.3) is 5.22 Å². The monoisotopic (exact) mass is 387 g/mol. The van der Waals surface area contributed by atoms with Gasteiger partial charge in [-0.1, -0.05) is 30.0 Å². The fraction of sp³-hybridized carbons (Fsp3) is 0.211. The fourth-order valence-electron chi connectivity index (χ4n) is 2.29. The summed E-state index contributed by atoms with van der Waals surface area (Å²) in [7, 11) is 1.61. The fourth-order valence-corrected chi connectivity index (χ4v) is 2.99. The number of benzene rings is 2. The van der Waals surface area contributed by atoms with Gasteiger partial charge in [0.2, 0.25) is 11.8 Å². The number of nitrogens with zero attached hydrogens (tertiary/aromatic N) is 2. The summed E-state index contributed by atoms with van der Waals surface area (Å²) in [6.45, 7) is 1.71. The molecule has 0 saturated carbocycles. The van der Waals surface area contributed by atoms with Gasteiger partial charge in [0.15, 0.2) is 0 Å². The van der Waals surface area contributed by atoms with Crippen LogP contribution in [0.1, 0.15) is 18.4 Å². The molecule has 140 valence electrons. The summed E-state index contributed by atoms with van der Waals surface area (Å²) in [5, 5.41) is 10.5. The van der Waals surface area contributed by atoms with Crippen molar-refractivity contribution in [1.82, 2.24) is 10.2 Å². The molecule has 0 aliphatic rings. The van der Waals surface area contributed by atoms with Crippen molar-refractivity contribution in [2.45, 2.75) is 23.8 Å². The summed E-state index contributed by atoms with van der Waals surface area (Å²) in [4.78, 5) is 12.2. The van der Waals surface area contributed by atoms with Crippen molar-refractivity contribution in [2.24, 2.45) is 0 Å². The van der Waals surface area contributed by atoms with E-state index < -0.39 is 11.1 Å². The van der Waals surface area contributed by atoms with E-state index in [1.807, 2.05) is 24.3 Å². The number of ether oxygens (including phenoxy) is 1. The van der Waals surface area contributed by atoms with Gasteiger partial charge < -0.3 is 14.5 Å². The molecule has 27 heavy (non-hydrogen) atoms. The molecule has 8 heteroatoms. The predicted octanol–water partition coefficient (Wildman–Crippen LogP) is 3.93. The summed E-state index contributed by atoms with van der Waals surface area (Å²) >= 11 is 1.15. The van der Waals surface area contributed by atoms with Crippen LogP contribution >= 0.6 is 11.8 Å². The van der Waals surface area contributed by atoms with Crippen LogP contribution in [0.2, 0.25) is 0 Å². The normalized spacial score (nSPS) is 11.8. The zero-order valence-corrected chi connectivity index (χ0v) is 15.6. The van der Waals surface area contributed by atoms with E-state index >= 15 is 0 Å². The number of hydrogen-bond donors (Lipinski definition) is 1. The van der Waals surface area contributed by atoms with Gasteiger partial charge in [-0.15, -0.1) is 10.2 Å². The number of rotatable bonds is 7. The van der Waals surface area contributed by atoms with Gasteiger partial charge >= 0.3 is 0 Å². The zero-order chi connectivity index (χ0) is 19.2. The quantitative estimate of drug-likeness (QED) is 0.619. The van der Waals surface area contributed by atoms with Crippen molar-refractivity contribution < 1.29 is 18.3 Å². The van der Waals surface area contributed by atoms with Crippen molar-refractivity contribution in [2.75, 3.05) is 12.4 Å². The summed E-state index contributed by atoms with van der Waals surface area (Å²) in [5.41, 5.74) is 1.41. The molecule has 0 saturated heterocycles. The molecule has 0 aliphatic carbocycles. The molecule has 2 aromatic carbocycles. The largest absolute Gasteiger partial charge is 0.497 e. The Kier molecular flexibility index (Phi) is 6.08. The molecule has 1 aromatic heterocycles. The van der Waals surface area contributed by atoms with E-state index in [-0.39, 0.29) is 5.91 Å². The van der Waals surface area contributed by atoms with Crippen LogP contribution in [0.4, 0.5) is 10.1 Å². The number of anilines is 1. The number of aromatic nitrogens is 2. The van der Waals surface area contributed by atoms with Crippen LogP contribution in [0.15, 0.2) is 58.2 Å². The van der Waals surface area contributed by atoms with Crippen molar-refractivity contribution in [3.05, 3.63) is 65.8 Å². The van der Waals surface area contributed by atoms with E-state index in [0.717, 1.165) is 23.1 Å². The average Bonchev–Trinajstić information content (AvgIpc) is 3.09. The molecule has 1 N–H and O–H groups in total. The Morgan fingerprint density at radius 2 is 2.04 bits per heavy atom. The maximum atomic E-state index is 13.2. The van der Waals surface area contributed by atoms with Crippen LogP contribution in [0.5, 0.6) is 5.75 Å². The van der Waals surface area contributed by atoms with Gasteiger partial charge in [-0.3, -0.25) is 4.79 Å². The lowest BCUT2D eigenvalue weighted by molar-refractivity contribution is -0.115. The van der Waals surface area contributed by atoms with Gasteiger partial charge in [-0.2, -0.15) is 0 Å². The molecule has 3 aromatic rings. The Hall–Kier alpha value is -2.87. The van der Waals surface area contributed by atoms with Crippen LogP contribution in [0.3, 0.4) is 0 Å². The summed E-state index contributed by atoms with van der Waals surface area (Å²) < 4.78 is 23.9. The molecule has 0 radical (unpaired) electrons. The van der Waals surface area contributed by atoms with E-state index in [2.05, 4.69) is 15.5 Å². The first-order valence-corrected chi connectivity index (χ1v) is 9.10. The Morgan fingerprint density at radius 1 is 1.26 bits per heavy atom. The SMILES string of the molecule is COc1ccc(Cc2nnc(SC(C)C(=O)Nc3cccc(F)c3)o2)cc1. The number of halogens is 1. The third-order valence-electron chi connectivity index (χ3n) is 3.70. The van der Waals surface area contributed by atoms with Crippen LogP contribution < -0.4 is 10.1 Å². The second-order valence-electron chi connectivity index (χ2n) is 5.75. The third kappa shape index (κ3) is 5.30. The van der Waals surface area contributed by atoms with Crippen LogP contribution in [-0.2, 0) is 11.2 Å². The highest BCUT2D eigenvalue weighted by Crippen LogP contribution is 2.24. The van der Waals surface area contributed by atoms with Gasteiger partial charge in [0.1, 0.15) is 11.6 Å². The number of nitrogens with one attached hydrogen (secondary N) is 1. The molecular weight excluding hydrogens is 369 g/mol. The van der Waals surface area contributed by atoms with E-state index in [0.29, 0.717) is 23.2 Å². The lowest BCUT2D eigenvalue weighted by atomic mass is 10.1. The first-order chi connectivity index (χ1) is 13.0. The highest BCUT2D eigenvalue weighted by Gasteiger charge is 2.18. The molecule has 0 aliphatic heterocycles. The molecule has 1 amide bonds. The van der Waals surface area contributed by atoms with Crippen molar-refractivity contribution >= 4 is 23.4 Å². The summed E-state index contributed by atoms with van der Waals surface area (Å²) in [6.07, 6.45) is 0.488. The Bertz CT molecular complexity index is 915. The molecule has 6 nitrogen and oxygen atoms in total. The van der Waals surface area contributed by atoms with Gasteiger partial charge in [-0.05, 0) is 42.8 Å². The second kappa shape index (κ2) is 8.68. The summed E-state index contributed by atoms with van der Waals surface area (Å²) in [5.74, 6) is 0.549. The number of thioether (sulfide) groups is 1. The number of carbonyl (C=O) groups is 1. The lowest BCUT2D eigenvalue weighted by Crippen LogP contribution is -2.22.